The zero-order valence-electron chi connectivity index (χ0n) is 16.7. The Hall–Kier alpha value is -2.00. The van der Waals surface area contributed by atoms with Gasteiger partial charge < -0.3 is 25.2 Å². The summed E-state index contributed by atoms with van der Waals surface area (Å²) in [5.74, 6) is -1.51. The molecule has 0 saturated carbocycles. The van der Waals surface area contributed by atoms with Crippen molar-refractivity contribution in [3.63, 3.8) is 0 Å². The molecule has 0 aromatic carbocycles. The van der Waals surface area contributed by atoms with Crippen LogP contribution in [0.2, 0.25) is 0 Å². The Morgan fingerprint density at radius 1 is 0.655 bits per heavy atom. The van der Waals surface area contributed by atoms with E-state index in [1.54, 1.807) is 9.80 Å². The number of ether oxygens (including phenoxy) is 1. The van der Waals surface area contributed by atoms with Gasteiger partial charge in [-0.05, 0) is 64.5 Å². The zero-order valence-corrected chi connectivity index (χ0v) is 16.7. The lowest BCUT2D eigenvalue weighted by molar-refractivity contribution is -0.169. The van der Waals surface area contributed by atoms with Crippen LogP contribution in [0, 0.1) is 0 Å². The molecule has 0 bridgehead atoms. The molecule has 9 heteroatoms. The standard InChI is InChI=1S/C20H30N4O5/c25-17(13-5-1-9-21-13)23-11-3-7-15(23)19(27)29-20(28)16-8-4-12-24(16)18(26)14-6-2-10-22-14/h13-16,21-22H,1-12H2/t13?,14?,15-,16-/m0/s1. The summed E-state index contributed by atoms with van der Waals surface area (Å²) in [6, 6.07) is -1.92. The molecule has 4 atom stereocenters. The van der Waals surface area contributed by atoms with Gasteiger partial charge in [0.25, 0.3) is 0 Å². The van der Waals surface area contributed by atoms with Crippen molar-refractivity contribution in [1.29, 1.82) is 0 Å². The quantitative estimate of drug-likeness (QED) is 0.481. The molecule has 2 unspecified atom stereocenters. The number of rotatable bonds is 4. The minimum absolute atomic E-state index is 0.0839. The number of nitrogens with zero attached hydrogens (tertiary/aromatic N) is 2. The van der Waals surface area contributed by atoms with Crippen LogP contribution in [0.4, 0.5) is 0 Å². The first kappa shape index (κ1) is 20.3. The lowest BCUT2D eigenvalue weighted by Crippen LogP contribution is -2.51. The molecule has 4 aliphatic heterocycles. The summed E-state index contributed by atoms with van der Waals surface area (Å²) in [5, 5.41) is 6.33. The summed E-state index contributed by atoms with van der Waals surface area (Å²) in [6.07, 6.45) is 5.86. The Morgan fingerprint density at radius 3 is 1.48 bits per heavy atom. The van der Waals surface area contributed by atoms with Gasteiger partial charge in [0.15, 0.2) is 0 Å². The lowest BCUT2D eigenvalue weighted by atomic mass is 10.1. The van der Waals surface area contributed by atoms with Crippen LogP contribution in [0.5, 0.6) is 0 Å². The van der Waals surface area contributed by atoms with E-state index in [9.17, 15) is 19.2 Å². The summed E-state index contributed by atoms with van der Waals surface area (Å²) >= 11 is 0. The first-order valence-electron chi connectivity index (χ1n) is 10.9. The molecule has 4 heterocycles. The Kier molecular flexibility index (Phi) is 6.15. The Labute approximate surface area is 170 Å². The van der Waals surface area contributed by atoms with Gasteiger partial charge in [0, 0.05) is 13.1 Å². The van der Waals surface area contributed by atoms with Crippen LogP contribution >= 0.6 is 0 Å². The molecule has 0 aromatic heterocycles. The zero-order chi connectivity index (χ0) is 20.4. The summed E-state index contributed by atoms with van der Waals surface area (Å²) in [4.78, 5) is 53.9. The fourth-order valence-corrected chi connectivity index (χ4v) is 4.98. The Bertz CT molecular complexity index is 616. The van der Waals surface area contributed by atoms with E-state index in [-0.39, 0.29) is 23.9 Å². The van der Waals surface area contributed by atoms with Crippen molar-refractivity contribution in [2.24, 2.45) is 0 Å². The number of carbonyl (C=O) groups excluding carboxylic acids is 4. The van der Waals surface area contributed by atoms with Crippen LogP contribution in [0.25, 0.3) is 0 Å². The smallest absolute Gasteiger partial charge is 0.336 e. The summed E-state index contributed by atoms with van der Waals surface area (Å²) < 4.78 is 5.20. The fraction of sp³-hybridized carbons (Fsp3) is 0.800. The molecule has 2 amide bonds. The van der Waals surface area contributed by atoms with Gasteiger partial charge in [0.05, 0.1) is 12.1 Å². The average Bonchev–Trinajstić information content (AvgIpc) is 3.52. The molecule has 9 nitrogen and oxygen atoms in total. The molecule has 0 aliphatic carbocycles. The van der Waals surface area contributed by atoms with Gasteiger partial charge >= 0.3 is 11.9 Å². The molecule has 29 heavy (non-hydrogen) atoms. The van der Waals surface area contributed by atoms with Gasteiger partial charge in [0.2, 0.25) is 11.8 Å². The van der Waals surface area contributed by atoms with Crippen molar-refractivity contribution in [3.8, 4) is 0 Å². The summed E-state index contributed by atoms with van der Waals surface area (Å²) in [7, 11) is 0. The highest BCUT2D eigenvalue weighted by Gasteiger charge is 2.43. The van der Waals surface area contributed by atoms with Gasteiger partial charge in [-0.1, -0.05) is 0 Å². The number of carbonyl (C=O) groups is 4. The van der Waals surface area contributed by atoms with Gasteiger partial charge in [0.1, 0.15) is 12.1 Å². The first-order valence-corrected chi connectivity index (χ1v) is 10.9. The second kappa shape index (κ2) is 8.79. The van der Waals surface area contributed by atoms with E-state index < -0.39 is 24.0 Å². The number of likely N-dealkylation sites (tertiary alicyclic amines) is 2. The largest absolute Gasteiger partial charge is 0.390 e. The topological polar surface area (TPSA) is 108 Å². The van der Waals surface area contributed by atoms with E-state index in [1.165, 1.54) is 0 Å². The van der Waals surface area contributed by atoms with Crippen LogP contribution in [0.15, 0.2) is 0 Å². The molecule has 0 spiro atoms. The molecule has 0 radical (unpaired) electrons. The fourth-order valence-electron chi connectivity index (χ4n) is 4.98. The summed E-state index contributed by atoms with van der Waals surface area (Å²) in [5.41, 5.74) is 0. The van der Waals surface area contributed by atoms with E-state index >= 15 is 0 Å². The molecule has 4 saturated heterocycles. The Balaban J connectivity index is 1.36. The molecule has 2 N–H and O–H groups in total. The monoisotopic (exact) mass is 406 g/mol. The number of amides is 2. The predicted octanol–water partition coefficient (Wildman–Crippen LogP) is -0.458. The van der Waals surface area contributed by atoms with E-state index in [0.29, 0.717) is 38.8 Å². The van der Waals surface area contributed by atoms with Crippen LogP contribution in [0.1, 0.15) is 51.4 Å². The van der Waals surface area contributed by atoms with Gasteiger partial charge in [-0.25, -0.2) is 9.59 Å². The molecule has 4 rings (SSSR count). The maximum Gasteiger partial charge on any atom is 0.336 e. The minimum Gasteiger partial charge on any atom is -0.390 e. The van der Waals surface area contributed by atoms with Gasteiger partial charge in [-0.2, -0.15) is 0 Å². The van der Waals surface area contributed by atoms with Crippen LogP contribution in [0.3, 0.4) is 0 Å². The number of hydrogen-bond donors (Lipinski definition) is 2. The molecule has 4 aliphatic rings. The van der Waals surface area contributed by atoms with E-state index in [4.69, 9.17) is 4.74 Å². The highest BCUT2D eigenvalue weighted by molar-refractivity contribution is 5.96. The van der Waals surface area contributed by atoms with Crippen molar-refractivity contribution >= 4 is 23.8 Å². The third-order valence-corrected chi connectivity index (χ3v) is 6.53. The number of esters is 2. The second-order valence-corrected chi connectivity index (χ2v) is 8.42. The lowest BCUT2D eigenvalue weighted by Gasteiger charge is -2.28. The molecular weight excluding hydrogens is 376 g/mol. The highest BCUT2D eigenvalue weighted by Crippen LogP contribution is 2.24. The van der Waals surface area contributed by atoms with Crippen LogP contribution in [-0.2, 0) is 23.9 Å². The molecular formula is C20H30N4O5. The van der Waals surface area contributed by atoms with Gasteiger partial charge in [-0.15, -0.1) is 0 Å². The highest BCUT2D eigenvalue weighted by atomic mass is 16.6. The van der Waals surface area contributed by atoms with Gasteiger partial charge in [-0.3, -0.25) is 9.59 Å². The van der Waals surface area contributed by atoms with E-state index in [2.05, 4.69) is 10.6 Å². The van der Waals surface area contributed by atoms with Crippen LogP contribution in [-0.4, -0.2) is 83.9 Å². The third-order valence-electron chi connectivity index (χ3n) is 6.53. The molecule has 0 aromatic rings. The van der Waals surface area contributed by atoms with Crippen molar-refractivity contribution < 1.29 is 23.9 Å². The van der Waals surface area contributed by atoms with Crippen molar-refractivity contribution in [2.45, 2.75) is 75.5 Å². The first-order chi connectivity index (χ1) is 14.1. The average molecular weight is 406 g/mol. The minimum atomic E-state index is -0.712. The van der Waals surface area contributed by atoms with E-state index in [1.807, 2.05) is 0 Å². The maximum absolute atomic E-state index is 12.7. The maximum atomic E-state index is 12.7. The van der Waals surface area contributed by atoms with Crippen molar-refractivity contribution in [3.05, 3.63) is 0 Å². The normalized spacial score (nSPS) is 32.0. The predicted molar refractivity (Wildman–Crippen MR) is 103 cm³/mol. The molecule has 4 fully saturated rings. The summed E-state index contributed by atoms with van der Waals surface area (Å²) in [6.45, 7) is 2.62. The van der Waals surface area contributed by atoms with Crippen molar-refractivity contribution in [2.75, 3.05) is 26.2 Å². The van der Waals surface area contributed by atoms with Crippen molar-refractivity contribution in [1.82, 2.24) is 20.4 Å². The van der Waals surface area contributed by atoms with Crippen LogP contribution < -0.4 is 10.6 Å². The molecule has 160 valence electrons. The number of hydrogen-bond acceptors (Lipinski definition) is 7. The second-order valence-electron chi connectivity index (χ2n) is 8.42. The van der Waals surface area contributed by atoms with E-state index in [0.717, 1.165) is 38.8 Å². The SMILES string of the molecule is O=C(OC(=O)[C@@H]1CCCN1C(=O)C1CCCN1)[C@@H]1CCCN1C(=O)C1CCCN1. The number of nitrogens with one attached hydrogen (secondary N) is 2. The third kappa shape index (κ3) is 4.16. The Morgan fingerprint density at radius 2 is 1.10 bits per heavy atom.